The third-order valence-corrected chi connectivity index (χ3v) is 9.94. The molecule has 0 aromatic heterocycles. The molecule has 0 amide bonds. The zero-order chi connectivity index (χ0) is 54.2. The average molecular weight is 769 g/mol. The molecule has 0 aliphatic rings. The van der Waals surface area contributed by atoms with Crippen molar-refractivity contribution in [1.29, 1.82) is 0 Å². The number of nitrogens with zero attached hydrogens (tertiary/aromatic N) is 1. The largest absolute Gasteiger partial charge is 0.311 e. The van der Waals surface area contributed by atoms with Crippen molar-refractivity contribution in [3.8, 4) is 66.8 Å². The van der Waals surface area contributed by atoms with Crippen molar-refractivity contribution in [2.24, 2.45) is 0 Å². The van der Waals surface area contributed by atoms with Crippen LogP contribution in [0.15, 0.2) is 248 Å². The normalized spacial score (nSPS) is 15.1. The minimum Gasteiger partial charge on any atom is -0.311 e. The molecule has 10 aromatic carbocycles. The van der Waals surface area contributed by atoms with E-state index < -0.39 is 131 Å². The van der Waals surface area contributed by atoms with E-state index in [1.807, 2.05) is 115 Å². The Morgan fingerprint density at radius 2 is 0.661 bits per heavy atom. The van der Waals surface area contributed by atoms with E-state index in [4.69, 9.17) is 6.85 Å². The van der Waals surface area contributed by atoms with E-state index in [1.54, 1.807) is 30.3 Å². The molecule has 0 saturated carbocycles. The maximum Gasteiger partial charge on any atom is 0.0645 e. The topological polar surface area (TPSA) is 3.24 Å². The molecule has 0 fully saturated rings. The monoisotopic (exact) mass is 768 g/mol. The molecule has 278 valence electrons. The molecule has 0 saturated heterocycles. The molecule has 10 aromatic rings. The molecule has 59 heavy (non-hydrogen) atoms. The number of hydrogen-bond donors (Lipinski definition) is 0. The number of anilines is 3. The van der Waals surface area contributed by atoms with Crippen molar-refractivity contribution in [1.82, 2.24) is 0 Å². The molecule has 1 heteroatoms. The van der Waals surface area contributed by atoms with Gasteiger partial charge in [-0.2, -0.15) is 0 Å². The molecule has 0 heterocycles. The third kappa shape index (κ3) is 7.46. The standard InChI is InChI=1S/C58H41N/c1-4-14-42(15-5-1)45-26-32-54(33-27-45)59(55-34-28-46(29-35-55)49-22-12-23-50(38-49)58-25-13-21-48-20-10-11-24-57(48)58)56-36-30-47(31-37-56)53-40-51(43-16-6-2-7-17-43)39-52(41-53)44-18-8-3-9-19-44/h1-41H/i1D,4D,5D,14D,15D,26D,27D,28D,29D,30D,31D,32D,33D,34D,35D,36D,37D. The lowest BCUT2D eigenvalue weighted by atomic mass is 9.93. The Kier molecular flexibility index (Phi) is 5.89. The smallest absolute Gasteiger partial charge is 0.0645 e. The number of hydrogen-bond acceptors (Lipinski definition) is 1. The highest BCUT2D eigenvalue weighted by Crippen LogP contribution is 2.40. The number of benzene rings is 10. The lowest BCUT2D eigenvalue weighted by Gasteiger charge is -2.26. The Balaban J connectivity index is 1.25. The van der Waals surface area contributed by atoms with Crippen LogP contribution in [0.3, 0.4) is 0 Å². The minimum atomic E-state index is -0.990. The van der Waals surface area contributed by atoms with Gasteiger partial charge in [0.2, 0.25) is 0 Å². The lowest BCUT2D eigenvalue weighted by molar-refractivity contribution is 1.28. The van der Waals surface area contributed by atoms with Crippen molar-refractivity contribution < 1.29 is 23.3 Å². The molecule has 0 aliphatic heterocycles. The maximum atomic E-state index is 9.75. The van der Waals surface area contributed by atoms with Gasteiger partial charge in [-0.3, -0.25) is 0 Å². The Morgan fingerprint density at radius 1 is 0.271 bits per heavy atom. The van der Waals surface area contributed by atoms with E-state index in [2.05, 4.69) is 0 Å². The molecule has 0 spiro atoms. The van der Waals surface area contributed by atoms with Gasteiger partial charge in [-0.25, -0.2) is 0 Å². The first-order valence-corrected chi connectivity index (χ1v) is 18.9. The summed E-state index contributed by atoms with van der Waals surface area (Å²) in [6.45, 7) is 0. The SMILES string of the molecule is [2H]c1c([2H])c([2H])c(-c2c([2H])c([2H])c(N(c3c([2H])c([2H])c(-c4cc(-c5ccccc5)cc(-c5ccccc5)c4)c([2H])c3[2H])c3c([2H])c([2H])c(-c4cccc(-c5cccc6ccccc56)c4)c([2H])c3[2H])c([2H])c2[2H])c([2H])c1[2H]. The van der Waals surface area contributed by atoms with Gasteiger partial charge in [0.25, 0.3) is 0 Å². The van der Waals surface area contributed by atoms with E-state index in [9.17, 15) is 16.4 Å². The van der Waals surface area contributed by atoms with Gasteiger partial charge in [0.1, 0.15) is 0 Å². The van der Waals surface area contributed by atoms with Crippen LogP contribution in [0.1, 0.15) is 23.3 Å². The van der Waals surface area contributed by atoms with Crippen LogP contribution in [-0.4, -0.2) is 0 Å². The van der Waals surface area contributed by atoms with Gasteiger partial charge in [-0.05, 0) is 138 Å². The summed E-state index contributed by atoms with van der Waals surface area (Å²) in [5.41, 5.74) is 1.09. The lowest BCUT2D eigenvalue weighted by Crippen LogP contribution is -2.09. The summed E-state index contributed by atoms with van der Waals surface area (Å²) < 4.78 is 157. The highest BCUT2D eigenvalue weighted by atomic mass is 15.1. The van der Waals surface area contributed by atoms with E-state index >= 15 is 0 Å². The second-order valence-corrected chi connectivity index (χ2v) is 13.6. The van der Waals surface area contributed by atoms with Crippen molar-refractivity contribution in [2.75, 3.05) is 4.90 Å². The number of rotatable bonds is 9. The van der Waals surface area contributed by atoms with Crippen molar-refractivity contribution in [3.05, 3.63) is 248 Å². The molecule has 0 atom stereocenters. The maximum absolute atomic E-state index is 9.75. The highest BCUT2D eigenvalue weighted by molar-refractivity contribution is 5.97. The molecular formula is C58H41N. The zero-order valence-electron chi connectivity index (χ0n) is 48.3. The number of fused-ring (bicyclic) bond motifs is 1. The first-order valence-electron chi connectivity index (χ1n) is 27.4. The molecular weight excluding hydrogens is 711 g/mol. The van der Waals surface area contributed by atoms with Gasteiger partial charge in [-0.1, -0.05) is 188 Å². The quantitative estimate of drug-likeness (QED) is 0.141. The van der Waals surface area contributed by atoms with Crippen molar-refractivity contribution in [2.45, 2.75) is 0 Å². The van der Waals surface area contributed by atoms with Crippen LogP contribution in [-0.2, 0) is 0 Å². The Morgan fingerprint density at radius 3 is 1.24 bits per heavy atom. The van der Waals surface area contributed by atoms with Crippen molar-refractivity contribution in [3.63, 3.8) is 0 Å². The summed E-state index contributed by atoms with van der Waals surface area (Å²) in [4.78, 5) is 0.684. The zero-order valence-corrected chi connectivity index (χ0v) is 31.3. The summed E-state index contributed by atoms with van der Waals surface area (Å²) in [5.74, 6) is 0. The Labute approximate surface area is 370 Å². The van der Waals surface area contributed by atoms with Crippen LogP contribution in [0.25, 0.3) is 77.5 Å². The van der Waals surface area contributed by atoms with Crippen LogP contribution in [0.2, 0.25) is 0 Å². The molecule has 10 rings (SSSR count). The van der Waals surface area contributed by atoms with E-state index in [-0.39, 0.29) is 22.3 Å². The fourth-order valence-electron chi connectivity index (χ4n) is 7.06. The predicted molar refractivity (Wildman–Crippen MR) is 251 cm³/mol. The van der Waals surface area contributed by atoms with Gasteiger partial charge in [0.05, 0.1) is 23.3 Å². The third-order valence-electron chi connectivity index (χ3n) is 9.94. The fraction of sp³-hybridized carbons (Fsp3) is 0. The van der Waals surface area contributed by atoms with Crippen LogP contribution < -0.4 is 4.90 Å². The molecule has 0 radical (unpaired) electrons. The molecule has 0 aliphatic carbocycles. The molecule has 1 nitrogen and oxygen atoms in total. The summed E-state index contributed by atoms with van der Waals surface area (Å²) in [7, 11) is 0. The molecule has 0 bridgehead atoms. The van der Waals surface area contributed by atoms with E-state index in [0.717, 1.165) is 27.5 Å². The predicted octanol–water partition coefficient (Wildman–Crippen LogP) is 16.3. The summed E-state index contributed by atoms with van der Waals surface area (Å²) in [6, 6.07) is 30.8. The summed E-state index contributed by atoms with van der Waals surface area (Å²) >= 11 is 0. The van der Waals surface area contributed by atoms with Crippen molar-refractivity contribution >= 4 is 27.8 Å². The Hall–Kier alpha value is -7.74. The average Bonchev–Trinajstić information content (AvgIpc) is 3.44. The fourth-order valence-corrected chi connectivity index (χ4v) is 7.06. The highest BCUT2D eigenvalue weighted by Gasteiger charge is 2.15. The molecule has 0 N–H and O–H groups in total. The second kappa shape index (κ2) is 16.0. The van der Waals surface area contributed by atoms with Crippen LogP contribution in [0.4, 0.5) is 17.1 Å². The van der Waals surface area contributed by atoms with Gasteiger partial charge in [-0.15, -0.1) is 0 Å². The van der Waals surface area contributed by atoms with Gasteiger partial charge >= 0.3 is 0 Å². The van der Waals surface area contributed by atoms with Gasteiger partial charge < -0.3 is 4.90 Å². The summed E-state index contributed by atoms with van der Waals surface area (Å²) in [6.07, 6.45) is 0. The molecule has 0 unspecified atom stereocenters. The Bertz CT molecular complexity index is 3850. The van der Waals surface area contributed by atoms with Gasteiger partial charge in [0, 0.05) is 17.1 Å². The second-order valence-electron chi connectivity index (χ2n) is 13.6. The van der Waals surface area contributed by atoms with Gasteiger partial charge in [0.15, 0.2) is 0 Å². The van der Waals surface area contributed by atoms with Crippen LogP contribution in [0, 0.1) is 0 Å². The summed E-state index contributed by atoms with van der Waals surface area (Å²) in [5, 5.41) is 1.89. The van der Waals surface area contributed by atoms with E-state index in [0.29, 0.717) is 21.6 Å². The first kappa shape index (κ1) is 21.7. The van der Waals surface area contributed by atoms with E-state index in [1.165, 1.54) is 0 Å². The van der Waals surface area contributed by atoms with Crippen LogP contribution >= 0.6 is 0 Å². The van der Waals surface area contributed by atoms with Crippen LogP contribution in [0.5, 0.6) is 0 Å². The first-order chi connectivity index (χ1) is 36.3. The minimum absolute atomic E-state index is 0.153.